The minimum absolute atomic E-state index is 0.0891. The maximum absolute atomic E-state index is 14.6. The highest BCUT2D eigenvalue weighted by Crippen LogP contribution is 2.46. The summed E-state index contributed by atoms with van der Waals surface area (Å²) in [6, 6.07) is 37.8. The Morgan fingerprint density at radius 1 is 0.518 bits per heavy atom. The van der Waals surface area contributed by atoms with Crippen molar-refractivity contribution in [2.24, 2.45) is 0 Å². The average molecular weight is 763 g/mol. The predicted octanol–water partition coefficient (Wildman–Crippen LogP) is 11.3. The van der Waals surface area contributed by atoms with Crippen molar-refractivity contribution in [2.45, 2.75) is 31.9 Å². The van der Waals surface area contributed by atoms with E-state index in [1.165, 1.54) is 33.3 Å². The van der Waals surface area contributed by atoms with Crippen LogP contribution in [0.25, 0.3) is 16.3 Å². The molecule has 0 unspecified atom stereocenters. The summed E-state index contributed by atoms with van der Waals surface area (Å²) in [5.74, 6) is -1.95. The van der Waals surface area contributed by atoms with E-state index in [1.807, 2.05) is 109 Å². The van der Waals surface area contributed by atoms with Crippen molar-refractivity contribution in [3.63, 3.8) is 0 Å². The highest BCUT2D eigenvalue weighted by atomic mass is 32.2. The zero-order chi connectivity index (χ0) is 37.9. The van der Waals surface area contributed by atoms with Crippen LogP contribution in [0.5, 0.6) is 0 Å². The van der Waals surface area contributed by atoms with Gasteiger partial charge in [0.15, 0.2) is 0 Å². The van der Waals surface area contributed by atoms with Gasteiger partial charge in [0.2, 0.25) is 0 Å². The largest absolute Gasteiger partial charge is 0.268 e. The summed E-state index contributed by atoms with van der Waals surface area (Å²) in [5.41, 5.74) is 5.10. The zero-order valence-electron chi connectivity index (χ0n) is 29.7. The molecule has 56 heavy (non-hydrogen) atoms. The highest BCUT2D eigenvalue weighted by molar-refractivity contribution is 7.99. The summed E-state index contributed by atoms with van der Waals surface area (Å²) < 4.78 is 0. The second-order valence-electron chi connectivity index (χ2n) is 13.8. The fraction of sp³-hybridized carbons (Fsp3) is 0.0417. The third-order valence-corrected chi connectivity index (χ3v) is 12.6. The molecule has 10 rings (SSSR count). The summed E-state index contributed by atoms with van der Waals surface area (Å²) in [7, 11) is 0. The standard InChI is InChI=1S/C48H30N2O4S2/c51-45-35-21-23-37-44-38(48(54)50(47(37)53)40-26-20-32(30-13-9-10-14-30)28-42(40)56-34-17-5-2-6-18-34)24-22-36(43(35)44)46(52)49(45)39-25-19-31(29-11-7-8-12-29)27-41(39)55-33-15-3-1-4-16-33/h1-9,11-29H,10H2. The monoisotopic (exact) mass is 762 g/mol. The molecule has 2 aliphatic heterocycles. The van der Waals surface area contributed by atoms with Gasteiger partial charge in [0, 0.05) is 58.5 Å². The van der Waals surface area contributed by atoms with Gasteiger partial charge in [-0.1, -0.05) is 115 Å². The molecule has 6 aromatic carbocycles. The van der Waals surface area contributed by atoms with Crippen LogP contribution in [0.1, 0.15) is 64.9 Å². The average Bonchev–Trinajstić information content (AvgIpc) is 3.97. The van der Waals surface area contributed by atoms with E-state index >= 15 is 0 Å². The van der Waals surface area contributed by atoms with Crippen molar-refractivity contribution in [3.05, 3.63) is 197 Å². The molecule has 0 atom stereocenters. The van der Waals surface area contributed by atoms with Gasteiger partial charge in [0.25, 0.3) is 23.6 Å². The number of anilines is 2. The molecule has 0 saturated carbocycles. The highest BCUT2D eigenvalue weighted by Gasteiger charge is 2.42. The Labute approximate surface area is 331 Å². The zero-order valence-corrected chi connectivity index (χ0v) is 31.3. The molecular weight excluding hydrogens is 733 g/mol. The van der Waals surface area contributed by atoms with Gasteiger partial charge in [-0.05, 0) is 95.9 Å². The van der Waals surface area contributed by atoms with E-state index in [1.54, 1.807) is 24.3 Å². The molecule has 4 amide bonds. The van der Waals surface area contributed by atoms with Crippen molar-refractivity contribution in [1.29, 1.82) is 0 Å². The Morgan fingerprint density at radius 3 is 1.48 bits per heavy atom. The lowest BCUT2D eigenvalue weighted by atomic mass is 9.85. The number of rotatable bonds is 8. The van der Waals surface area contributed by atoms with Gasteiger partial charge in [-0.25, -0.2) is 9.80 Å². The van der Waals surface area contributed by atoms with Crippen LogP contribution in [0.3, 0.4) is 0 Å². The topological polar surface area (TPSA) is 74.8 Å². The molecule has 0 saturated heterocycles. The molecule has 0 radical (unpaired) electrons. The first-order valence-corrected chi connectivity index (χ1v) is 19.9. The van der Waals surface area contributed by atoms with E-state index in [0.717, 1.165) is 42.7 Å². The Hall–Kier alpha value is -6.48. The number of imide groups is 2. The van der Waals surface area contributed by atoms with Crippen LogP contribution in [-0.4, -0.2) is 23.6 Å². The Kier molecular flexibility index (Phi) is 8.31. The second kappa shape index (κ2) is 13.7. The molecule has 268 valence electrons. The van der Waals surface area contributed by atoms with Crippen molar-refractivity contribution in [2.75, 3.05) is 9.80 Å². The predicted molar refractivity (Wildman–Crippen MR) is 223 cm³/mol. The van der Waals surface area contributed by atoms with E-state index in [0.29, 0.717) is 22.1 Å². The van der Waals surface area contributed by atoms with Gasteiger partial charge in [-0.3, -0.25) is 19.2 Å². The lowest BCUT2D eigenvalue weighted by molar-refractivity contribution is 0.0872. The van der Waals surface area contributed by atoms with Gasteiger partial charge in [0.05, 0.1) is 11.4 Å². The van der Waals surface area contributed by atoms with Crippen LogP contribution < -0.4 is 9.80 Å². The van der Waals surface area contributed by atoms with Crippen LogP contribution in [0, 0.1) is 0 Å². The first-order chi connectivity index (χ1) is 27.4. The van der Waals surface area contributed by atoms with Crippen molar-refractivity contribution >= 4 is 74.9 Å². The molecule has 2 heterocycles. The quantitative estimate of drug-likeness (QED) is 0.144. The molecule has 0 N–H and O–H groups in total. The Morgan fingerprint density at radius 2 is 1.00 bits per heavy atom. The Balaban J connectivity index is 1.06. The number of carbonyl (C=O) groups is 4. The van der Waals surface area contributed by atoms with Gasteiger partial charge in [-0.2, -0.15) is 0 Å². The summed E-state index contributed by atoms with van der Waals surface area (Å²) >= 11 is 2.97. The molecule has 0 bridgehead atoms. The molecular formula is C48H30N2O4S2. The Bertz CT molecular complexity index is 2740. The van der Waals surface area contributed by atoms with Crippen molar-refractivity contribution in [1.82, 2.24) is 0 Å². The number of allylic oxidation sites excluding steroid dienone is 8. The van der Waals surface area contributed by atoms with Crippen molar-refractivity contribution < 1.29 is 19.2 Å². The summed E-state index contributed by atoms with van der Waals surface area (Å²) in [6.07, 6.45) is 15.4. The first-order valence-electron chi connectivity index (χ1n) is 18.3. The summed E-state index contributed by atoms with van der Waals surface area (Å²) in [5, 5.41) is 0.661. The second-order valence-corrected chi connectivity index (χ2v) is 16.0. The van der Waals surface area contributed by atoms with Crippen LogP contribution in [0.2, 0.25) is 0 Å². The molecule has 4 aliphatic rings. The lowest BCUT2D eigenvalue weighted by Crippen LogP contribution is -2.43. The summed E-state index contributed by atoms with van der Waals surface area (Å²) in [4.78, 5) is 64.2. The van der Waals surface area contributed by atoms with E-state index in [9.17, 15) is 19.2 Å². The molecule has 0 aromatic heterocycles. The van der Waals surface area contributed by atoms with E-state index < -0.39 is 23.6 Å². The number of hydrogen-bond acceptors (Lipinski definition) is 6. The van der Waals surface area contributed by atoms with Gasteiger partial charge in [-0.15, -0.1) is 0 Å². The normalized spacial score (nSPS) is 15.8. The number of carbonyl (C=O) groups excluding carboxylic acids is 4. The molecule has 0 fully saturated rings. The third-order valence-electron chi connectivity index (χ3n) is 10.5. The molecule has 0 spiro atoms. The van der Waals surface area contributed by atoms with Crippen LogP contribution in [0.4, 0.5) is 11.4 Å². The van der Waals surface area contributed by atoms with Gasteiger partial charge >= 0.3 is 0 Å². The molecule has 6 aromatic rings. The van der Waals surface area contributed by atoms with Crippen LogP contribution in [0.15, 0.2) is 183 Å². The smallest absolute Gasteiger partial charge is 0.266 e. The summed E-state index contributed by atoms with van der Waals surface area (Å²) in [6.45, 7) is 0. The third kappa shape index (κ3) is 5.60. The maximum Gasteiger partial charge on any atom is 0.266 e. The molecule has 8 heteroatoms. The van der Waals surface area contributed by atoms with E-state index in [4.69, 9.17) is 0 Å². The first kappa shape index (κ1) is 34.0. The van der Waals surface area contributed by atoms with Crippen molar-refractivity contribution in [3.8, 4) is 0 Å². The van der Waals surface area contributed by atoms with Gasteiger partial charge < -0.3 is 0 Å². The minimum Gasteiger partial charge on any atom is -0.268 e. The SMILES string of the molecule is O=C1c2ccc3c4c(ccc(c24)C(=O)N1c1ccc(C2=CCC=C2)cc1Sc1ccccc1)C(=O)N(c1ccc(C2C=CC=C2)cc1Sc1ccccc1)C3=O. The lowest BCUT2D eigenvalue weighted by Gasteiger charge is -2.33. The molecule has 2 aliphatic carbocycles. The van der Waals surface area contributed by atoms with Gasteiger partial charge in [0.1, 0.15) is 0 Å². The number of hydrogen-bond donors (Lipinski definition) is 0. The van der Waals surface area contributed by atoms with E-state index in [2.05, 4.69) is 30.4 Å². The van der Waals surface area contributed by atoms with Crippen LogP contribution in [-0.2, 0) is 0 Å². The van der Waals surface area contributed by atoms with E-state index in [-0.39, 0.29) is 28.2 Å². The maximum atomic E-state index is 14.6. The number of amides is 4. The fourth-order valence-corrected chi connectivity index (χ4v) is 9.84. The van der Waals surface area contributed by atoms with Crippen LogP contribution >= 0.6 is 23.5 Å². The molecule has 6 nitrogen and oxygen atoms in total. The fourth-order valence-electron chi connectivity index (χ4n) is 7.83. The number of nitrogens with zero attached hydrogens (tertiary/aromatic N) is 2. The number of benzene rings is 6. The minimum atomic E-state index is -0.511.